The van der Waals surface area contributed by atoms with Gasteiger partial charge in [-0.25, -0.2) is 4.98 Å². The van der Waals surface area contributed by atoms with Crippen LogP contribution in [0.15, 0.2) is 79.0 Å². The molecular weight excluding hydrogens is 364 g/mol. The summed E-state index contributed by atoms with van der Waals surface area (Å²) in [5, 5.41) is 5.63. The molecule has 0 aliphatic carbocycles. The quantitative estimate of drug-likeness (QED) is 0.460. The van der Waals surface area contributed by atoms with Crippen molar-refractivity contribution in [2.24, 2.45) is 0 Å². The number of aryl methyl sites for hydroxylation is 2. The van der Waals surface area contributed by atoms with E-state index in [1.807, 2.05) is 60.2 Å². The summed E-state index contributed by atoms with van der Waals surface area (Å²) < 4.78 is 1.95. The SMILES string of the molecule is Cc1ccc(C(=O)NC(=Cc2ccccc2)C(=O)NCCCn2ccnc2)cc1. The van der Waals surface area contributed by atoms with Crippen LogP contribution in [0.3, 0.4) is 0 Å². The lowest BCUT2D eigenvalue weighted by molar-refractivity contribution is -0.117. The van der Waals surface area contributed by atoms with E-state index in [4.69, 9.17) is 0 Å². The maximum atomic E-state index is 12.7. The van der Waals surface area contributed by atoms with Crippen molar-refractivity contribution in [3.63, 3.8) is 0 Å². The third-order valence-corrected chi connectivity index (χ3v) is 4.35. The highest BCUT2D eigenvalue weighted by molar-refractivity contribution is 6.05. The summed E-state index contributed by atoms with van der Waals surface area (Å²) in [6, 6.07) is 16.6. The van der Waals surface area contributed by atoms with E-state index in [1.165, 1.54) is 0 Å². The number of rotatable bonds is 8. The highest BCUT2D eigenvalue weighted by Crippen LogP contribution is 2.08. The number of carbonyl (C=O) groups excluding carboxylic acids is 2. The molecule has 0 aliphatic rings. The molecule has 3 rings (SSSR count). The van der Waals surface area contributed by atoms with Crippen molar-refractivity contribution >= 4 is 17.9 Å². The normalized spacial score (nSPS) is 11.1. The zero-order valence-corrected chi connectivity index (χ0v) is 16.3. The van der Waals surface area contributed by atoms with Gasteiger partial charge in [0.05, 0.1) is 6.33 Å². The predicted octanol–water partition coefficient (Wildman–Crippen LogP) is 3.17. The van der Waals surface area contributed by atoms with E-state index in [2.05, 4.69) is 15.6 Å². The van der Waals surface area contributed by atoms with E-state index in [1.54, 1.807) is 30.7 Å². The van der Waals surface area contributed by atoms with E-state index in [0.29, 0.717) is 12.1 Å². The molecule has 2 aromatic carbocycles. The van der Waals surface area contributed by atoms with Crippen LogP contribution in [-0.4, -0.2) is 27.9 Å². The van der Waals surface area contributed by atoms with Crippen molar-refractivity contribution in [1.29, 1.82) is 0 Å². The highest BCUT2D eigenvalue weighted by Gasteiger charge is 2.14. The zero-order valence-electron chi connectivity index (χ0n) is 16.3. The Morgan fingerprint density at radius 2 is 1.83 bits per heavy atom. The van der Waals surface area contributed by atoms with Gasteiger partial charge in [-0.05, 0) is 37.1 Å². The smallest absolute Gasteiger partial charge is 0.267 e. The molecule has 1 heterocycles. The second-order valence-corrected chi connectivity index (χ2v) is 6.70. The average Bonchev–Trinajstić information content (AvgIpc) is 3.25. The summed E-state index contributed by atoms with van der Waals surface area (Å²) in [5.74, 6) is -0.638. The maximum Gasteiger partial charge on any atom is 0.267 e. The van der Waals surface area contributed by atoms with Gasteiger partial charge in [-0.2, -0.15) is 0 Å². The maximum absolute atomic E-state index is 12.7. The third kappa shape index (κ3) is 6.17. The number of nitrogens with one attached hydrogen (secondary N) is 2. The van der Waals surface area contributed by atoms with Crippen LogP contribution in [0, 0.1) is 6.92 Å². The van der Waals surface area contributed by atoms with Gasteiger partial charge in [0.2, 0.25) is 0 Å². The monoisotopic (exact) mass is 388 g/mol. The minimum Gasteiger partial charge on any atom is -0.351 e. The first kappa shape index (κ1) is 20.1. The van der Waals surface area contributed by atoms with Crippen molar-refractivity contribution in [1.82, 2.24) is 20.2 Å². The molecule has 0 spiro atoms. The molecule has 1 aromatic heterocycles. The summed E-state index contributed by atoms with van der Waals surface area (Å²) in [6.45, 7) is 3.21. The molecule has 148 valence electrons. The van der Waals surface area contributed by atoms with Gasteiger partial charge in [-0.1, -0.05) is 48.0 Å². The molecule has 2 N–H and O–H groups in total. The fourth-order valence-corrected chi connectivity index (χ4v) is 2.75. The van der Waals surface area contributed by atoms with Gasteiger partial charge in [0.25, 0.3) is 11.8 Å². The third-order valence-electron chi connectivity index (χ3n) is 4.35. The largest absolute Gasteiger partial charge is 0.351 e. The number of carbonyl (C=O) groups is 2. The van der Waals surface area contributed by atoms with Crippen LogP contribution in [0.25, 0.3) is 6.08 Å². The van der Waals surface area contributed by atoms with Gasteiger partial charge in [-0.15, -0.1) is 0 Å². The summed E-state index contributed by atoms with van der Waals surface area (Å²) in [6.07, 6.45) is 7.78. The molecular formula is C23H24N4O2. The Morgan fingerprint density at radius 3 is 2.52 bits per heavy atom. The van der Waals surface area contributed by atoms with Crippen molar-refractivity contribution < 1.29 is 9.59 Å². The Balaban J connectivity index is 1.67. The van der Waals surface area contributed by atoms with E-state index < -0.39 is 0 Å². The number of aromatic nitrogens is 2. The molecule has 0 radical (unpaired) electrons. The summed E-state index contributed by atoms with van der Waals surface area (Å²) in [4.78, 5) is 29.3. The average molecular weight is 388 g/mol. The number of nitrogens with zero attached hydrogens (tertiary/aromatic N) is 2. The van der Waals surface area contributed by atoms with Gasteiger partial charge >= 0.3 is 0 Å². The van der Waals surface area contributed by atoms with Crippen LogP contribution in [0.1, 0.15) is 27.9 Å². The van der Waals surface area contributed by atoms with E-state index in [0.717, 1.165) is 24.1 Å². The number of hydrogen-bond acceptors (Lipinski definition) is 3. The molecule has 2 amide bonds. The topological polar surface area (TPSA) is 76.0 Å². The molecule has 0 bridgehead atoms. The lowest BCUT2D eigenvalue weighted by Crippen LogP contribution is -2.35. The Hall–Kier alpha value is -3.67. The molecule has 0 unspecified atom stereocenters. The predicted molar refractivity (Wildman–Crippen MR) is 113 cm³/mol. The molecule has 0 aliphatic heterocycles. The van der Waals surface area contributed by atoms with Gasteiger partial charge in [0.1, 0.15) is 5.70 Å². The Labute approximate surface area is 170 Å². The fourth-order valence-electron chi connectivity index (χ4n) is 2.75. The van der Waals surface area contributed by atoms with Crippen molar-refractivity contribution in [2.75, 3.05) is 6.54 Å². The first-order valence-electron chi connectivity index (χ1n) is 9.50. The Bertz CT molecular complexity index is 962. The zero-order chi connectivity index (χ0) is 20.5. The molecule has 0 saturated heterocycles. The van der Waals surface area contributed by atoms with E-state index >= 15 is 0 Å². The molecule has 0 atom stereocenters. The van der Waals surface area contributed by atoms with Crippen molar-refractivity contribution in [3.05, 3.63) is 95.7 Å². The first-order valence-corrected chi connectivity index (χ1v) is 9.50. The fraction of sp³-hybridized carbons (Fsp3) is 0.174. The van der Waals surface area contributed by atoms with Crippen LogP contribution in [0.4, 0.5) is 0 Å². The van der Waals surface area contributed by atoms with Crippen LogP contribution < -0.4 is 10.6 Å². The summed E-state index contributed by atoms with van der Waals surface area (Å²) in [5.41, 5.74) is 2.62. The van der Waals surface area contributed by atoms with Crippen molar-refractivity contribution in [3.8, 4) is 0 Å². The molecule has 3 aromatic rings. The Morgan fingerprint density at radius 1 is 1.07 bits per heavy atom. The van der Waals surface area contributed by atoms with Crippen LogP contribution in [0.5, 0.6) is 0 Å². The summed E-state index contributed by atoms with van der Waals surface area (Å²) in [7, 11) is 0. The van der Waals surface area contributed by atoms with Crippen LogP contribution in [0.2, 0.25) is 0 Å². The van der Waals surface area contributed by atoms with Gasteiger partial charge < -0.3 is 15.2 Å². The number of hydrogen-bond donors (Lipinski definition) is 2. The second-order valence-electron chi connectivity index (χ2n) is 6.70. The van der Waals surface area contributed by atoms with Gasteiger partial charge in [0, 0.05) is 31.0 Å². The lowest BCUT2D eigenvalue weighted by Gasteiger charge is -2.12. The van der Waals surface area contributed by atoms with Crippen LogP contribution in [-0.2, 0) is 11.3 Å². The molecule has 0 fully saturated rings. The standard InChI is InChI=1S/C23H24N4O2/c1-18-8-10-20(11-9-18)22(28)26-21(16-19-6-3-2-4-7-19)23(29)25-12-5-14-27-15-13-24-17-27/h2-4,6-11,13,15-17H,5,12,14H2,1H3,(H,25,29)(H,26,28). The van der Waals surface area contributed by atoms with Gasteiger partial charge in [-0.3, -0.25) is 9.59 Å². The summed E-state index contributed by atoms with van der Waals surface area (Å²) >= 11 is 0. The Kier molecular flexibility index (Phi) is 6.95. The minimum absolute atomic E-state index is 0.212. The second kappa shape index (κ2) is 10.0. The number of amides is 2. The number of imidazole rings is 1. The molecule has 6 heteroatoms. The van der Waals surface area contributed by atoms with E-state index in [-0.39, 0.29) is 17.5 Å². The lowest BCUT2D eigenvalue weighted by atomic mass is 10.1. The molecule has 29 heavy (non-hydrogen) atoms. The highest BCUT2D eigenvalue weighted by atomic mass is 16.2. The van der Waals surface area contributed by atoms with E-state index in [9.17, 15) is 9.59 Å². The van der Waals surface area contributed by atoms with Crippen molar-refractivity contribution in [2.45, 2.75) is 19.9 Å². The first-order chi connectivity index (χ1) is 14.1. The molecule has 0 saturated carbocycles. The number of benzene rings is 2. The molecule has 6 nitrogen and oxygen atoms in total. The van der Waals surface area contributed by atoms with Gasteiger partial charge in [0.15, 0.2) is 0 Å². The van der Waals surface area contributed by atoms with Crippen LogP contribution >= 0.6 is 0 Å². The minimum atomic E-state index is -0.319.